The first-order valence-corrected chi connectivity index (χ1v) is 8.75. The monoisotopic (exact) mass is 394 g/mol. The van der Waals surface area contributed by atoms with Crippen LogP contribution in [0.1, 0.15) is 12.5 Å². The lowest BCUT2D eigenvalue weighted by Gasteiger charge is -2.22. The minimum atomic E-state index is -0.817. The van der Waals surface area contributed by atoms with Crippen molar-refractivity contribution in [3.63, 3.8) is 0 Å². The van der Waals surface area contributed by atoms with Gasteiger partial charge in [0.1, 0.15) is 10.8 Å². The molecule has 0 spiro atoms. The van der Waals surface area contributed by atoms with Gasteiger partial charge in [-0.15, -0.1) is 0 Å². The highest BCUT2D eigenvalue weighted by Crippen LogP contribution is 2.32. The van der Waals surface area contributed by atoms with E-state index < -0.39 is 6.10 Å². The summed E-state index contributed by atoms with van der Waals surface area (Å²) in [6, 6.07) is 12.3. The first-order valence-electron chi connectivity index (χ1n) is 8.00. The predicted molar refractivity (Wildman–Crippen MR) is 104 cm³/mol. The van der Waals surface area contributed by atoms with Gasteiger partial charge in [-0.1, -0.05) is 47.0 Å². The van der Waals surface area contributed by atoms with Gasteiger partial charge in [0, 0.05) is 12.7 Å². The topological polar surface area (TPSA) is 58.6 Å². The quantitative estimate of drug-likeness (QED) is 0.799. The van der Waals surface area contributed by atoms with Gasteiger partial charge in [-0.05, 0) is 38.1 Å². The number of hydrogen-bond acceptors (Lipinski definition) is 3. The molecule has 2 aromatic rings. The highest BCUT2D eigenvalue weighted by atomic mass is 35.5. The van der Waals surface area contributed by atoms with Crippen LogP contribution in [0.4, 0.5) is 5.69 Å². The average Bonchev–Trinajstić information content (AvgIpc) is 2.60. The molecule has 138 valence electrons. The first kappa shape index (κ1) is 20.1. The molecule has 2 rings (SSSR count). The fourth-order valence-electron chi connectivity index (χ4n) is 2.26. The summed E-state index contributed by atoms with van der Waals surface area (Å²) in [5.41, 5.74) is 1.78. The minimum Gasteiger partial charge on any atom is -0.479 e. The molecule has 0 unspecified atom stereocenters. The van der Waals surface area contributed by atoms with Gasteiger partial charge in [0.05, 0.1) is 11.6 Å². The zero-order valence-electron chi connectivity index (χ0n) is 14.8. The molecule has 0 aliphatic rings. The maximum Gasteiger partial charge on any atom is 0.263 e. The number of anilines is 1. The Morgan fingerprint density at radius 1 is 1.15 bits per heavy atom. The third kappa shape index (κ3) is 5.38. The summed E-state index contributed by atoms with van der Waals surface area (Å²) in [6.45, 7) is 3.46. The molecule has 5 nitrogen and oxygen atoms in total. The van der Waals surface area contributed by atoms with Crippen molar-refractivity contribution in [2.24, 2.45) is 0 Å². The van der Waals surface area contributed by atoms with Crippen LogP contribution in [0, 0.1) is 6.92 Å². The molecule has 0 aliphatic heterocycles. The Bertz CT molecular complexity index is 794. The molecule has 0 heterocycles. The van der Waals surface area contributed by atoms with Crippen LogP contribution in [-0.4, -0.2) is 36.4 Å². The van der Waals surface area contributed by atoms with Gasteiger partial charge in [-0.25, -0.2) is 0 Å². The molecule has 26 heavy (non-hydrogen) atoms. The lowest BCUT2D eigenvalue weighted by Crippen LogP contribution is -2.42. The van der Waals surface area contributed by atoms with E-state index >= 15 is 0 Å². The maximum absolute atomic E-state index is 12.4. The molecule has 0 bridgehead atoms. The van der Waals surface area contributed by atoms with Crippen LogP contribution >= 0.6 is 23.2 Å². The van der Waals surface area contributed by atoms with E-state index in [1.165, 1.54) is 11.9 Å². The van der Waals surface area contributed by atoms with Crippen LogP contribution in [0.15, 0.2) is 42.5 Å². The van der Waals surface area contributed by atoms with Gasteiger partial charge in [-0.3, -0.25) is 9.59 Å². The van der Waals surface area contributed by atoms with Crippen LogP contribution in [0.25, 0.3) is 0 Å². The Morgan fingerprint density at radius 3 is 2.46 bits per heavy atom. The molecule has 0 saturated heterocycles. The number of amides is 2. The van der Waals surface area contributed by atoms with E-state index in [0.717, 1.165) is 5.56 Å². The molecule has 0 aromatic heterocycles. The molecule has 0 fully saturated rings. The second-order valence-electron chi connectivity index (χ2n) is 5.92. The number of nitrogens with one attached hydrogen (secondary N) is 1. The average molecular weight is 395 g/mol. The molecule has 0 aliphatic carbocycles. The lowest BCUT2D eigenvalue weighted by molar-refractivity contribution is -0.139. The van der Waals surface area contributed by atoms with Gasteiger partial charge in [-0.2, -0.15) is 0 Å². The van der Waals surface area contributed by atoms with Crippen LogP contribution < -0.4 is 10.1 Å². The summed E-state index contributed by atoms with van der Waals surface area (Å²) in [5.74, 6) is -0.324. The molecule has 1 N–H and O–H groups in total. The Hall–Kier alpha value is -2.24. The summed E-state index contributed by atoms with van der Waals surface area (Å²) in [7, 11) is 1.54. The lowest BCUT2D eigenvalue weighted by atomic mass is 10.2. The summed E-state index contributed by atoms with van der Waals surface area (Å²) in [4.78, 5) is 25.8. The van der Waals surface area contributed by atoms with Crippen molar-refractivity contribution in [1.29, 1.82) is 0 Å². The van der Waals surface area contributed by atoms with E-state index in [1.54, 1.807) is 25.1 Å². The zero-order valence-corrected chi connectivity index (χ0v) is 16.3. The van der Waals surface area contributed by atoms with Gasteiger partial charge < -0.3 is 15.0 Å². The molecular formula is C19H20Cl2N2O3. The van der Waals surface area contributed by atoms with Crippen molar-refractivity contribution in [2.45, 2.75) is 20.0 Å². The van der Waals surface area contributed by atoms with Crippen LogP contribution in [0.2, 0.25) is 10.0 Å². The van der Waals surface area contributed by atoms with Crippen molar-refractivity contribution in [3.8, 4) is 5.75 Å². The highest BCUT2D eigenvalue weighted by molar-refractivity contribution is 6.42. The molecule has 2 amide bonds. The van der Waals surface area contributed by atoms with E-state index in [-0.39, 0.29) is 23.4 Å². The Morgan fingerprint density at radius 2 is 1.81 bits per heavy atom. The Balaban J connectivity index is 1.92. The number of carbonyl (C=O) groups excluding carboxylic acids is 2. The van der Waals surface area contributed by atoms with Gasteiger partial charge in [0.2, 0.25) is 5.91 Å². The number of carbonyl (C=O) groups is 2. The molecule has 7 heteroatoms. The van der Waals surface area contributed by atoms with Gasteiger partial charge in [0.25, 0.3) is 5.91 Å². The number of ether oxygens (including phenoxy) is 1. The van der Waals surface area contributed by atoms with Crippen molar-refractivity contribution in [3.05, 3.63) is 58.1 Å². The van der Waals surface area contributed by atoms with Crippen molar-refractivity contribution in [1.82, 2.24) is 4.90 Å². The van der Waals surface area contributed by atoms with Crippen LogP contribution in [-0.2, 0) is 9.59 Å². The Labute approximate surface area is 162 Å². The van der Waals surface area contributed by atoms with Gasteiger partial charge >= 0.3 is 0 Å². The minimum absolute atomic E-state index is 0.0936. The van der Waals surface area contributed by atoms with Crippen molar-refractivity contribution >= 4 is 40.7 Å². The van der Waals surface area contributed by atoms with Crippen molar-refractivity contribution in [2.75, 3.05) is 18.9 Å². The fourth-order valence-corrected chi connectivity index (χ4v) is 2.59. The number of aryl methyl sites for hydroxylation is 1. The van der Waals surface area contributed by atoms with E-state index in [4.69, 9.17) is 27.9 Å². The smallest absolute Gasteiger partial charge is 0.263 e. The van der Waals surface area contributed by atoms with E-state index in [2.05, 4.69) is 5.32 Å². The number of halogens is 2. The first-order chi connectivity index (χ1) is 12.3. The molecule has 2 aromatic carbocycles. The number of nitrogens with zero attached hydrogens (tertiary/aromatic N) is 1. The second kappa shape index (κ2) is 8.92. The number of benzene rings is 2. The highest BCUT2D eigenvalue weighted by Gasteiger charge is 2.22. The molecular weight excluding hydrogens is 375 g/mol. The van der Waals surface area contributed by atoms with Gasteiger partial charge in [0.15, 0.2) is 6.10 Å². The van der Waals surface area contributed by atoms with Crippen LogP contribution in [0.5, 0.6) is 5.75 Å². The standard InChI is InChI=1S/C19H20Cl2N2O3/c1-12-7-9-14(10-8-12)22-17(24)11-23(3)19(25)13(2)26-16-6-4-5-15(20)18(16)21/h4-10,13H,11H2,1-3H3,(H,22,24)/t13-/m0/s1. The predicted octanol–water partition coefficient (Wildman–Crippen LogP) is 4.17. The maximum atomic E-state index is 12.4. The number of likely N-dealkylation sites (N-methyl/N-ethyl adjacent to an activating group) is 1. The van der Waals surface area contributed by atoms with E-state index in [0.29, 0.717) is 16.5 Å². The summed E-state index contributed by atoms with van der Waals surface area (Å²) in [6.07, 6.45) is -0.817. The normalized spacial score (nSPS) is 11.6. The summed E-state index contributed by atoms with van der Waals surface area (Å²) in [5, 5.41) is 3.33. The SMILES string of the molecule is Cc1ccc(NC(=O)CN(C)C(=O)[C@H](C)Oc2cccc(Cl)c2Cl)cc1. The number of rotatable bonds is 6. The third-order valence-corrected chi connectivity index (χ3v) is 4.46. The third-order valence-electron chi connectivity index (χ3n) is 3.66. The Kier molecular flexibility index (Phi) is 6.89. The summed E-state index contributed by atoms with van der Waals surface area (Å²) < 4.78 is 5.58. The largest absolute Gasteiger partial charge is 0.479 e. The number of hydrogen-bond donors (Lipinski definition) is 1. The fraction of sp³-hybridized carbons (Fsp3) is 0.263. The molecule has 1 atom stereocenters. The zero-order chi connectivity index (χ0) is 19.3. The molecule has 0 saturated carbocycles. The second-order valence-corrected chi connectivity index (χ2v) is 6.71. The van der Waals surface area contributed by atoms with E-state index in [1.807, 2.05) is 31.2 Å². The molecule has 0 radical (unpaired) electrons. The van der Waals surface area contributed by atoms with Crippen LogP contribution in [0.3, 0.4) is 0 Å². The summed E-state index contributed by atoms with van der Waals surface area (Å²) >= 11 is 12.0. The van der Waals surface area contributed by atoms with E-state index in [9.17, 15) is 9.59 Å². The van der Waals surface area contributed by atoms with Crippen molar-refractivity contribution < 1.29 is 14.3 Å².